The Hall–Kier alpha value is -3.17. The molecule has 0 aliphatic carbocycles. The monoisotopic (exact) mass is 350 g/mol. The van der Waals surface area contributed by atoms with Crippen molar-refractivity contribution < 1.29 is 18.8 Å². The number of ether oxygens (including phenoxy) is 1. The van der Waals surface area contributed by atoms with Gasteiger partial charge < -0.3 is 15.0 Å². The number of nitrogens with zero attached hydrogens (tertiary/aromatic N) is 3. The van der Waals surface area contributed by atoms with E-state index < -0.39 is 35.2 Å². The summed E-state index contributed by atoms with van der Waals surface area (Å²) < 4.78 is 11.5. The van der Waals surface area contributed by atoms with Gasteiger partial charge in [0.1, 0.15) is 11.4 Å². The first-order valence-electron chi connectivity index (χ1n) is 7.50. The van der Waals surface area contributed by atoms with Crippen LogP contribution in [0.1, 0.15) is 40.0 Å². The number of nitrogens with two attached hydrogens (primary N) is 1. The molecule has 0 radical (unpaired) electrons. The molecule has 0 unspecified atom stereocenters. The molecule has 2 aromatic heterocycles. The zero-order chi connectivity index (χ0) is 18.7. The van der Waals surface area contributed by atoms with E-state index in [0.717, 1.165) is 9.13 Å². The van der Waals surface area contributed by atoms with Crippen LogP contribution in [-0.4, -0.2) is 32.7 Å². The highest BCUT2D eigenvalue weighted by Gasteiger charge is 2.23. The summed E-state index contributed by atoms with van der Waals surface area (Å²) >= 11 is 0. The Labute approximate surface area is 141 Å². The first-order chi connectivity index (χ1) is 11.8. The molecule has 0 fully saturated rings. The lowest BCUT2D eigenvalue weighted by Gasteiger charge is -2.13. The molecule has 0 saturated carbocycles. The van der Waals surface area contributed by atoms with Crippen LogP contribution >= 0.6 is 0 Å². The van der Waals surface area contributed by atoms with Crippen LogP contribution in [0.5, 0.6) is 0 Å². The van der Waals surface area contributed by atoms with Gasteiger partial charge in [-0.3, -0.25) is 18.7 Å². The number of anilines is 1. The molecule has 0 aliphatic rings. The average Bonchev–Trinajstić information content (AvgIpc) is 3.01. The highest BCUT2D eigenvalue weighted by molar-refractivity contribution is 6.01. The average molecular weight is 350 g/mol. The number of aryl methyl sites for hydroxylation is 1. The van der Waals surface area contributed by atoms with E-state index in [1.807, 2.05) is 6.92 Å². The molecule has 0 aromatic carbocycles. The molecule has 0 spiro atoms. The molecular weight excluding hydrogens is 332 g/mol. The molecule has 0 aliphatic heterocycles. The first-order valence-corrected chi connectivity index (χ1v) is 7.50. The summed E-state index contributed by atoms with van der Waals surface area (Å²) in [6.07, 6.45) is 0.579. The predicted molar refractivity (Wildman–Crippen MR) is 86.5 cm³/mol. The molecule has 134 valence electrons. The highest BCUT2D eigenvalue weighted by atomic mass is 16.6. The second-order valence-electron chi connectivity index (χ2n) is 5.39. The highest BCUT2D eigenvalue weighted by Crippen LogP contribution is 2.08. The van der Waals surface area contributed by atoms with E-state index in [2.05, 4.69) is 5.16 Å². The van der Waals surface area contributed by atoms with Crippen LogP contribution in [0.2, 0.25) is 0 Å². The van der Waals surface area contributed by atoms with Crippen molar-refractivity contribution in [1.29, 1.82) is 0 Å². The summed E-state index contributed by atoms with van der Waals surface area (Å²) in [5.74, 6) is -2.12. The van der Waals surface area contributed by atoms with Gasteiger partial charge in [-0.25, -0.2) is 9.59 Å². The number of nitrogen functional groups attached to an aromatic ring is 1. The molecule has 10 heteroatoms. The molecule has 0 amide bonds. The van der Waals surface area contributed by atoms with Crippen LogP contribution in [0.15, 0.2) is 20.2 Å². The van der Waals surface area contributed by atoms with E-state index in [1.54, 1.807) is 6.92 Å². The quantitative estimate of drug-likeness (QED) is 0.561. The lowest BCUT2D eigenvalue weighted by atomic mass is 10.2. The molecule has 2 N–H and O–H groups in total. The molecule has 2 rings (SSSR count). The number of aromatic nitrogens is 3. The number of carbonyl (C=O) groups is 2. The summed E-state index contributed by atoms with van der Waals surface area (Å²) in [5.41, 5.74) is 4.45. The Bertz CT molecular complexity index is 936. The predicted octanol–water partition coefficient (Wildman–Crippen LogP) is -0.125. The number of hydrogen-bond acceptors (Lipinski definition) is 8. The minimum absolute atomic E-state index is 0.165. The molecule has 2 aromatic rings. The van der Waals surface area contributed by atoms with Crippen molar-refractivity contribution in [2.45, 2.75) is 26.8 Å². The van der Waals surface area contributed by atoms with Crippen molar-refractivity contribution in [3.05, 3.63) is 43.9 Å². The molecule has 10 nitrogen and oxygen atoms in total. The minimum Gasteiger partial charge on any atom is -0.451 e. The fraction of sp³-hybridized carbons (Fsp3) is 0.400. The van der Waals surface area contributed by atoms with Gasteiger partial charge in [-0.2, -0.15) is 0 Å². The van der Waals surface area contributed by atoms with Crippen molar-refractivity contribution in [3.8, 4) is 0 Å². The zero-order valence-electron chi connectivity index (χ0n) is 14.1. The van der Waals surface area contributed by atoms with Gasteiger partial charge in [0.25, 0.3) is 5.56 Å². The summed E-state index contributed by atoms with van der Waals surface area (Å²) in [4.78, 5) is 48.4. The maximum Gasteiger partial charge on any atom is 0.377 e. The maximum absolute atomic E-state index is 12.3. The Morgan fingerprint density at radius 1 is 1.36 bits per heavy atom. The Morgan fingerprint density at radius 2 is 2.04 bits per heavy atom. The topological polar surface area (TPSA) is 139 Å². The standard InChI is InChI=1S/C15H18N4O6/c1-4-5-19-12(16)11(13(21)18(3)15(19)23)9(20)7-24-14(22)10-6-8(2)17-25-10/h6H,4-5,7,16H2,1-3H3. The lowest BCUT2D eigenvalue weighted by molar-refractivity contribution is 0.0434. The van der Waals surface area contributed by atoms with E-state index in [0.29, 0.717) is 12.1 Å². The Kier molecular flexibility index (Phi) is 5.20. The largest absolute Gasteiger partial charge is 0.451 e. The summed E-state index contributed by atoms with van der Waals surface area (Å²) in [7, 11) is 1.25. The second kappa shape index (κ2) is 7.16. The summed E-state index contributed by atoms with van der Waals surface area (Å²) in [6.45, 7) is 2.96. The molecule has 0 saturated heterocycles. The summed E-state index contributed by atoms with van der Waals surface area (Å²) in [6, 6.07) is 1.35. The van der Waals surface area contributed by atoms with Gasteiger partial charge in [0, 0.05) is 19.7 Å². The Morgan fingerprint density at radius 3 is 2.60 bits per heavy atom. The number of ketones is 1. The van der Waals surface area contributed by atoms with Gasteiger partial charge in [-0.05, 0) is 13.3 Å². The molecule has 0 atom stereocenters. The van der Waals surface area contributed by atoms with Gasteiger partial charge in [0.2, 0.25) is 11.5 Å². The number of carbonyl (C=O) groups excluding carboxylic acids is 2. The van der Waals surface area contributed by atoms with E-state index in [-0.39, 0.29) is 18.1 Å². The number of Topliss-reactive ketones (excluding diaryl/α,β-unsaturated/α-hetero) is 1. The molecular formula is C15H18N4O6. The van der Waals surface area contributed by atoms with Crippen LogP contribution < -0.4 is 17.0 Å². The molecule has 0 bridgehead atoms. The first kappa shape index (κ1) is 18.2. The van der Waals surface area contributed by atoms with E-state index in [9.17, 15) is 19.2 Å². The van der Waals surface area contributed by atoms with Crippen molar-refractivity contribution in [2.24, 2.45) is 7.05 Å². The van der Waals surface area contributed by atoms with Gasteiger partial charge >= 0.3 is 11.7 Å². The van der Waals surface area contributed by atoms with E-state index in [4.69, 9.17) is 15.0 Å². The van der Waals surface area contributed by atoms with Gasteiger partial charge in [-0.1, -0.05) is 12.1 Å². The van der Waals surface area contributed by atoms with E-state index >= 15 is 0 Å². The van der Waals surface area contributed by atoms with Crippen LogP contribution in [0, 0.1) is 6.92 Å². The Balaban J connectivity index is 2.28. The minimum atomic E-state index is -0.897. The second-order valence-corrected chi connectivity index (χ2v) is 5.39. The van der Waals surface area contributed by atoms with Crippen molar-refractivity contribution in [3.63, 3.8) is 0 Å². The molecule has 2 heterocycles. The van der Waals surface area contributed by atoms with Crippen LogP contribution in [-0.2, 0) is 18.3 Å². The van der Waals surface area contributed by atoms with Crippen molar-refractivity contribution in [2.75, 3.05) is 12.3 Å². The van der Waals surface area contributed by atoms with Crippen molar-refractivity contribution >= 4 is 17.6 Å². The smallest absolute Gasteiger partial charge is 0.377 e. The fourth-order valence-electron chi connectivity index (χ4n) is 2.22. The SMILES string of the molecule is CCCn1c(N)c(C(=O)COC(=O)c2cc(C)no2)c(=O)n(C)c1=O. The third kappa shape index (κ3) is 3.52. The van der Waals surface area contributed by atoms with Crippen molar-refractivity contribution in [1.82, 2.24) is 14.3 Å². The third-order valence-corrected chi connectivity index (χ3v) is 3.47. The zero-order valence-corrected chi connectivity index (χ0v) is 14.1. The fourth-order valence-corrected chi connectivity index (χ4v) is 2.22. The molecule has 25 heavy (non-hydrogen) atoms. The summed E-state index contributed by atoms with van der Waals surface area (Å²) in [5, 5.41) is 3.53. The lowest BCUT2D eigenvalue weighted by Crippen LogP contribution is -2.43. The van der Waals surface area contributed by atoms with Crippen LogP contribution in [0.4, 0.5) is 5.82 Å². The maximum atomic E-state index is 12.3. The van der Waals surface area contributed by atoms with Gasteiger partial charge in [-0.15, -0.1) is 0 Å². The van der Waals surface area contributed by atoms with Crippen LogP contribution in [0.25, 0.3) is 0 Å². The normalized spacial score (nSPS) is 10.7. The number of esters is 1. The number of rotatable bonds is 6. The number of hydrogen-bond donors (Lipinski definition) is 1. The van der Waals surface area contributed by atoms with Gasteiger partial charge in [0.05, 0.1) is 5.69 Å². The van der Waals surface area contributed by atoms with Crippen LogP contribution in [0.3, 0.4) is 0 Å². The van der Waals surface area contributed by atoms with E-state index in [1.165, 1.54) is 13.1 Å². The third-order valence-electron chi connectivity index (χ3n) is 3.47. The van der Waals surface area contributed by atoms with Gasteiger partial charge in [0.15, 0.2) is 6.61 Å².